The Balaban J connectivity index is 2.40. The van der Waals surface area contributed by atoms with Crippen LogP contribution in [0.3, 0.4) is 0 Å². The zero-order chi connectivity index (χ0) is 14.1. The van der Waals surface area contributed by atoms with Crippen LogP contribution in [0.4, 0.5) is 0 Å². The van der Waals surface area contributed by atoms with Gasteiger partial charge in [-0.15, -0.1) is 0 Å². The quantitative estimate of drug-likeness (QED) is 0.710. The lowest BCUT2D eigenvalue weighted by atomic mass is 10.0. The van der Waals surface area contributed by atoms with Crippen molar-refractivity contribution in [3.05, 3.63) is 71.9 Å². The van der Waals surface area contributed by atoms with Gasteiger partial charge in [-0.25, -0.2) is 0 Å². The summed E-state index contributed by atoms with van der Waals surface area (Å²) in [6.45, 7) is 1.99. The first-order valence-corrected chi connectivity index (χ1v) is 6.47. The molecule has 3 heteroatoms. The van der Waals surface area contributed by atoms with E-state index in [1.54, 1.807) is 6.07 Å². The minimum absolute atomic E-state index is 0.399. The van der Waals surface area contributed by atoms with Gasteiger partial charge in [-0.05, 0) is 18.6 Å². The van der Waals surface area contributed by atoms with Crippen LogP contribution in [0.2, 0.25) is 0 Å². The average Bonchev–Trinajstić information content (AvgIpc) is 2.48. The molecule has 98 valence electrons. The predicted molar refractivity (Wildman–Crippen MR) is 78.7 cm³/mol. The average molecular weight is 263 g/mol. The molecule has 0 aliphatic carbocycles. The number of amides is 1. The van der Waals surface area contributed by atoms with E-state index in [0.717, 1.165) is 22.2 Å². The lowest BCUT2D eigenvalue weighted by Gasteiger charge is -2.06. The van der Waals surface area contributed by atoms with Crippen molar-refractivity contribution in [3.8, 4) is 5.69 Å². The predicted octanol–water partition coefficient (Wildman–Crippen LogP) is 2.52. The minimum Gasteiger partial charge on any atom is -0.366 e. The Morgan fingerprint density at radius 3 is 2.45 bits per heavy atom. The number of primary amides is 1. The number of rotatable bonds is 2. The molecule has 0 aliphatic heterocycles. The van der Waals surface area contributed by atoms with Gasteiger partial charge in [0.2, 0.25) is 17.1 Å². The molecule has 0 bridgehead atoms. The third-order valence-electron chi connectivity index (χ3n) is 3.47. The maximum absolute atomic E-state index is 11.6. The van der Waals surface area contributed by atoms with E-state index in [4.69, 9.17) is 5.73 Å². The van der Waals surface area contributed by atoms with Crippen molar-refractivity contribution in [1.82, 2.24) is 0 Å². The smallest absolute Gasteiger partial charge is 0.249 e. The molecule has 1 aromatic heterocycles. The summed E-state index contributed by atoms with van der Waals surface area (Å²) in [5, 5.41) is 0.909. The van der Waals surface area contributed by atoms with Crippen molar-refractivity contribution in [2.45, 2.75) is 6.92 Å². The van der Waals surface area contributed by atoms with Crippen LogP contribution in [0.25, 0.3) is 16.6 Å². The Hall–Kier alpha value is -2.68. The van der Waals surface area contributed by atoms with Gasteiger partial charge in [0.15, 0.2) is 6.20 Å². The van der Waals surface area contributed by atoms with E-state index in [-0.39, 0.29) is 0 Å². The van der Waals surface area contributed by atoms with Crippen LogP contribution in [0, 0.1) is 6.92 Å². The van der Waals surface area contributed by atoms with Crippen molar-refractivity contribution in [2.24, 2.45) is 5.73 Å². The summed E-state index contributed by atoms with van der Waals surface area (Å²) >= 11 is 0. The number of hydrogen-bond acceptors (Lipinski definition) is 1. The molecule has 0 spiro atoms. The molecule has 0 fully saturated rings. The number of carbonyl (C=O) groups excluding carboxylic acids is 1. The van der Waals surface area contributed by atoms with Gasteiger partial charge in [-0.1, -0.05) is 24.3 Å². The normalized spacial score (nSPS) is 10.7. The molecule has 0 saturated heterocycles. The first kappa shape index (κ1) is 12.4. The highest BCUT2D eigenvalue weighted by molar-refractivity contribution is 6.05. The minimum atomic E-state index is -0.399. The molecule has 0 aliphatic rings. The van der Waals surface area contributed by atoms with Gasteiger partial charge >= 0.3 is 0 Å². The molecule has 3 aromatic rings. The van der Waals surface area contributed by atoms with Crippen LogP contribution in [0.15, 0.2) is 60.8 Å². The van der Waals surface area contributed by atoms with Crippen LogP contribution >= 0.6 is 0 Å². The molecule has 3 rings (SSSR count). The van der Waals surface area contributed by atoms with E-state index in [0.29, 0.717) is 5.56 Å². The first-order valence-electron chi connectivity index (χ1n) is 6.47. The molecule has 0 radical (unpaired) electrons. The number of carbonyl (C=O) groups is 1. The largest absolute Gasteiger partial charge is 0.366 e. The van der Waals surface area contributed by atoms with Crippen molar-refractivity contribution >= 4 is 16.8 Å². The molecule has 2 aromatic carbocycles. The highest BCUT2D eigenvalue weighted by atomic mass is 16.1. The molecule has 0 atom stereocenters. The fourth-order valence-corrected chi connectivity index (χ4v) is 2.52. The lowest BCUT2D eigenvalue weighted by molar-refractivity contribution is -0.567. The van der Waals surface area contributed by atoms with Gasteiger partial charge in [-0.2, -0.15) is 4.57 Å². The van der Waals surface area contributed by atoms with Crippen LogP contribution in [-0.2, 0) is 0 Å². The molecule has 0 unspecified atom stereocenters. The Morgan fingerprint density at radius 1 is 1.00 bits per heavy atom. The van der Waals surface area contributed by atoms with Crippen molar-refractivity contribution in [1.29, 1.82) is 0 Å². The number of nitrogens with two attached hydrogens (primary N) is 1. The summed E-state index contributed by atoms with van der Waals surface area (Å²) in [7, 11) is 0. The number of para-hydroxylation sites is 1. The maximum atomic E-state index is 11.6. The second-order valence-corrected chi connectivity index (χ2v) is 4.77. The molecule has 3 nitrogen and oxygen atoms in total. The van der Waals surface area contributed by atoms with E-state index in [9.17, 15) is 4.79 Å². The van der Waals surface area contributed by atoms with E-state index in [1.165, 1.54) is 0 Å². The van der Waals surface area contributed by atoms with Gasteiger partial charge in [0.1, 0.15) is 0 Å². The number of benzene rings is 2. The molecular formula is C17H15N2O+. The van der Waals surface area contributed by atoms with Crippen molar-refractivity contribution in [3.63, 3.8) is 0 Å². The zero-order valence-corrected chi connectivity index (χ0v) is 11.2. The van der Waals surface area contributed by atoms with Gasteiger partial charge in [0.25, 0.3) is 0 Å². The summed E-state index contributed by atoms with van der Waals surface area (Å²) in [6, 6.07) is 17.7. The number of fused-ring (bicyclic) bond motifs is 1. The second-order valence-electron chi connectivity index (χ2n) is 4.77. The van der Waals surface area contributed by atoms with Crippen LogP contribution < -0.4 is 10.3 Å². The van der Waals surface area contributed by atoms with Crippen LogP contribution in [-0.4, -0.2) is 5.91 Å². The highest BCUT2D eigenvalue weighted by Crippen LogP contribution is 2.20. The molecule has 1 heterocycles. The van der Waals surface area contributed by atoms with Crippen molar-refractivity contribution in [2.75, 3.05) is 0 Å². The Bertz CT molecular complexity index is 795. The number of nitrogens with zero attached hydrogens (tertiary/aromatic N) is 1. The van der Waals surface area contributed by atoms with E-state index >= 15 is 0 Å². The van der Waals surface area contributed by atoms with Gasteiger partial charge in [-0.3, -0.25) is 4.79 Å². The third kappa shape index (κ3) is 1.93. The molecule has 20 heavy (non-hydrogen) atoms. The highest BCUT2D eigenvalue weighted by Gasteiger charge is 2.17. The number of pyridine rings is 1. The van der Waals surface area contributed by atoms with Gasteiger partial charge in [0, 0.05) is 24.3 Å². The zero-order valence-electron chi connectivity index (χ0n) is 11.2. The SMILES string of the molecule is Cc1cc[n+](-c2ccccc2)c2cccc(C(N)=O)c12. The Morgan fingerprint density at radius 2 is 1.75 bits per heavy atom. The van der Waals surface area contributed by atoms with Crippen LogP contribution in [0.1, 0.15) is 15.9 Å². The van der Waals surface area contributed by atoms with E-state index in [2.05, 4.69) is 4.57 Å². The molecule has 2 N–H and O–H groups in total. The summed E-state index contributed by atoms with van der Waals surface area (Å²) < 4.78 is 2.06. The summed E-state index contributed by atoms with van der Waals surface area (Å²) in [6.07, 6.45) is 2.01. The summed E-state index contributed by atoms with van der Waals surface area (Å²) in [4.78, 5) is 11.6. The van der Waals surface area contributed by atoms with Gasteiger partial charge < -0.3 is 5.73 Å². The first-order chi connectivity index (χ1) is 9.68. The molecule has 1 amide bonds. The number of hydrogen-bond donors (Lipinski definition) is 1. The van der Waals surface area contributed by atoms with Crippen LogP contribution in [0.5, 0.6) is 0 Å². The van der Waals surface area contributed by atoms with E-state index < -0.39 is 5.91 Å². The third-order valence-corrected chi connectivity index (χ3v) is 3.47. The lowest BCUT2D eigenvalue weighted by Crippen LogP contribution is -2.31. The fraction of sp³-hybridized carbons (Fsp3) is 0.0588. The molecule has 0 saturated carbocycles. The monoisotopic (exact) mass is 263 g/mol. The van der Waals surface area contributed by atoms with Crippen molar-refractivity contribution < 1.29 is 9.36 Å². The molecular weight excluding hydrogens is 248 g/mol. The number of aromatic nitrogens is 1. The maximum Gasteiger partial charge on any atom is 0.249 e. The second kappa shape index (κ2) is 4.78. The fourth-order valence-electron chi connectivity index (χ4n) is 2.52. The Labute approximate surface area is 117 Å². The topological polar surface area (TPSA) is 47.0 Å². The summed E-state index contributed by atoms with van der Waals surface area (Å²) in [5.41, 5.74) is 9.13. The van der Waals surface area contributed by atoms with E-state index in [1.807, 2.05) is 61.7 Å². The Kier molecular flexibility index (Phi) is 2.95. The number of aryl methyl sites for hydroxylation is 1. The summed E-state index contributed by atoms with van der Waals surface area (Å²) in [5.74, 6) is -0.399. The standard InChI is InChI=1S/C17H14N2O/c1-12-10-11-19(13-6-3-2-4-7-13)15-9-5-8-14(16(12)15)17(18)20/h2-11H,1H3,(H-,18,20)/p+1. The van der Waals surface area contributed by atoms with Gasteiger partial charge in [0.05, 0.1) is 10.9 Å².